The summed E-state index contributed by atoms with van der Waals surface area (Å²) < 4.78 is 6.48. The third-order valence-electron chi connectivity index (χ3n) is 3.28. The molecule has 0 saturated carbocycles. The van der Waals surface area contributed by atoms with E-state index in [1.54, 1.807) is 0 Å². The minimum atomic E-state index is 0.332. The van der Waals surface area contributed by atoms with Gasteiger partial charge in [0.05, 0.1) is 5.56 Å². The van der Waals surface area contributed by atoms with Crippen molar-refractivity contribution in [3.05, 3.63) is 57.5 Å². The predicted octanol–water partition coefficient (Wildman–Crippen LogP) is 5.32. The molecule has 21 heavy (non-hydrogen) atoms. The summed E-state index contributed by atoms with van der Waals surface area (Å²) in [5.41, 5.74) is 9.53. The second-order valence-corrected chi connectivity index (χ2v) is 5.98. The zero-order valence-corrected chi connectivity index (χ0v) is 13.6. The molecule has 0 aliphatic carbocycles. The number of anilines is 1. The first-order chi connectivity index (χ1) is 10.1. The van der Waals surface area contributed by atoms with Crippen molar-refractivity contribution < 1.29 is 4.52 Å². The van der Waals surface area contributed by atoms with Crippen LogP contribution < -0.4 is 5.73 Å². The molecule has 106 valence electrons. The molecule has 0 atom stereocenters. The van der Waals surface area contributed by atoms with Gasteiger partial charge in [-0.2, -0.15) is 0 Å². The van der Waals surface area contributed by atoms with Crippen molar-refractivity contribution in [1.82, 2.24) is 5.16 Å². The summed E-state index contributed by atoms with van der Waals surface area (Å²) in [6, 6.07) is 13.4. The van der Waals surface area contributed by atoms with Crippen LogP contribution in [-0.2, 0) is 0 Å². The summed E-state index contributed by atoms with van der Waals surface area (Å²) >= 11 is 9.76. The Morgan fingerprint density at radius 2 is 1.95 bits per heavy atom. The zero-order chi connectivity index (χ0) is 15.0. The fraction of sp³-hybridized carbons (Fsp3) is 0.0625. The van der Waals surface area contributed by atoms with Crippen molar-refractivity contribution in [2.45, 2.75) is 6.92 Å². The predicted molar refractivity (Wildman–Crippen MR) is 89.2 cm³/mol. The molecule has 1 aromatic heterocycles. The molecule has 1 heterocycles. The van der Waals surface area contributed by atoms with Crippen LogP contribution in [-0.4, -0.2) is 5.16 Å². The molecule has 0 fully saturated rings. The maximum absolute atomic E-state index is 6.27. The van der Waals surface area contributed by atoms with Gasteiger partial charge in [0.15, 0.2) is 11.6 Å². The second kappa shape index (κ2) is 5.54. The minimum absolute atomic E-state index is 0.332. The van der Waals surface area contributed by atoms with E-state index in [9.17, 15) is 0 Å². The van der Waals surface area contributed by atoms with Gasteiger partial charge in [-0.25, -0.2) is 0 Å². The number of hydrogen-bond acceptors (Lipinski definition) is 3. The average molecular weight is 364 g/mol. The van der Waals surface area contributed by atoms with Crippen LogP contribution in [0.2, 0.25) is 5.02 Å². The van der Waals surface area contributed by atoms with Crippen molar-refractivity contribution in [3.8, 4) is 22.5 Å². The third-order valence-corrected chi connectivity index (χ3v) is 4.50. The zero-order valence-electron chi connectivity index (χ0n) is 11.2. The maximum Gasteiger partial charge on any atom is 0.176 e. The summed E-state index contributed by atoms with van der Waals surface area (Å²) in [6.07, 6.45) is 0. The van der Waals surface area contributed by atoms with E-state index in [1.165, 1.54) is 0 Å². The monoisotopic (exact) mass is 362 g/mol. The Kier molecular flexibility index (Phi) is 3.74. The summed E-state index contributed by atoms with van der Waals surface area (Å²) in [7, 11) is 0. The van der Waals surface area contributed by atoms with Crippen LogP contribution in [0.15, 0.2) is 51.5 Å². The van der Waals surface area contributed by atoms with E-state index in [-0.39, 0.29) is 0 Å². The molecule has 2 N–H and O–H groups in total. The minimum Gasteiger partial charge on any atom is -0.380 e. The third kappa shape index (κ3) is 2.57. The van der Waals surface area contributed by atoms with Crippen LogP contribution in [0.4, 0.5) is 5.82 Å². The Hall–Kier alpha value is -1.78. The number of nitrogens with zero attached hydrogens (tertiary/aromatic N) is 1. The van der Waals surface area contributed by atoms with E-state index in [0.717, 1.165) is 26.7 Å². The topological polar surface area (TPSA) is 52.0 Å². The molecule has 3 rings (SSSR count). The highest BCUT2D eigenvalue weighted by Crippen LogP contribution is 2.40. The molecule has 3 nitrogen and oxygen atoms in total. The molecule has 0 unspecified atom stereocenters. The molecule has 5 heteroatoms. The lowest BCUT2D eigenvalue weighted by Crippen LogP contribution is -1.90. The number of benzene rings is 2. The van der Waals surface area contributed by atoms with Crippen LogP contribution in [0, 0.1) is 6.92 Å². The smallest absolute Gasteiger partial charge is 0.176 e. The molecule has 0 amide bonds. The first-order valence-corrected chi connectivity index (χ1v) is 7.51. The van der Waals surface area contributed by atoms with Crippen molar-refractivity contribution >= 4 is 33.3 Å². The number of halogens is 2. The number of hydrogen-bond donors (Lipinski definition) is 1. The van der Waals surface area contributed by atoms with Crippen LogP contribution in [0.25, 0.3) is 22.5 Å². The van der Waals surface area contributed by atoms with Gasteiger partial charge >= 0.3 is 0 Å². The lowest BCUT2D eigenvalue weighted by molar-refractivity contribution is 0.436. The summed E-state index contributed by atoms with van der Waals surface area (Å²) in [5.74, 6) is 0.954. The van der Waals surface area contributed by atoms with Gasteiger partial charge in [-0.1, -0.05) is 50.9 Å². The molecule has 3 aromatic rings. The van der Waals surface area contributed by atoms with E-state index >= 15 is 0 Å². The summed E-state index contributed by atoms with van der Waals surface area (Å²) in [6.45, 7) is 2.02. The molecule has 0 spiro atoms. The lowest BCUT2D eigenvalue weighted by atomic mass is 10.0. The fourth-order valence-electron chi connectivity index (χ4n) is 2.21. The quantitative estimate of drug-likeness (QED) is 0.671. The van der Waals surface area contributed by atoms with Crippen molar-refractivity contribution in [3.63, 3.8) is 0 Å². The first kappa shape index (κ1) is 14.2. The largest absolute Gasteiger partial charge is 0.380 e. The molecular weight excluding hydrogens is 352 g/mol. The average Bonchev–Trinajstić information content (AvgIpc) is 2.84. The molecule has 0 saturated heterocycles. The van der Waals surface area contributed by atoms with Gasteiger partial charge in [0.1, 0.15) is 0 Å². The van der Waals surface area contributed by atoms with Crippen LogP contribution in [0.5, 0.6) is 0 Å². The SMILES string of the molecule is Cc1cc(-c2onc(N)c2-c2ccccc2Cl)ccc1Br. The Morgan fingerprint density at radius 3 is 2.67 bits per heavy atom. The first-order valence-electron chi connectivity index (χ1n) is 6.34. The highest BCUT2D eigenvalue weighted by atomic mass is 79.9. The Balaban J connectivity index is 2.22. The molecule has 0 radical (unpaired) electrons. The van der Waals surface area contributed by atoms with Gasteiger partial charge in [0.2, 0.25) is 0 Å². The Morgan fingerprint density at radius 1 is 1.19 bits per heavy atom. The molecular formula is C16H12BrClN2O. The van der Waals surface area contributed by atoms with E-state index < -0.39 is 0 Å². The van der Waals surface area contributed by atoms with Gasteiger partial charge < -0.3 is 10.3 Å². The number of nitrogens with two attached hydrogens (primary N) is 1. The van der Waals surface area contributed by atoms with Crippen LogP contribution in [0.1, 0.15) is 5.56 Å². The molecule has 2 aromatic carbocycles. The van der Waals surface area contributed by atoms with E-state index in [2.05, 4.69) is 21.1 Å². The summed E-state index contributed by atoms with van der Waals surface area (Å²) in [4.78, 5) is 0. The maximum atomic E-state index is 6.27. The van der Waals surface area contributed by atoms with Crippen molar-refractivity contribution in [1.29, 1.82) is 0 Å². The van der Waals surface area contributed by atoms with Crippen molar-refractivity contribution in [2.75, 3.05) is 5.73 Å². The molecule has 0 aliphatic heterocycles. The number of aromatic nitrogens is 1. The van der Waals surface area contributed by atoms with Crippen LogP contribution in [0.3, 0.4) is 0 Å². The lowest BCUT2D eigenvalue weighted by Gasteiger charge is -2.06. The van der Waals surface area contributed by atoms with Gasteiger partial charge in [-0.05, 0) is 36.8 Å². The van der Waals surface area contributed by atoms with Crippen molar-refractivity contribution in [2.24, 2.45) is 0 Å². The molecule has 0 bridgehead atoms. The van der Waals surface area contributed by atoms with Gasteiger partial charge in [-0.3, -0.25) is 0 Å². The standard InChI is InChI=1S/C16H12BrClN2O/c1-9-8-10(6-7-12(9)17)15-14(16(19)20-21-15)11-4-2-3-5-13(11)18/h2-8H,1H3,(H2,19,20). The van der Waals surface area contributed by atoms with E-state index in [1.807, 2.05) is 49.4 Å². The van der Waals surface area contributed by atoms with Gasteiger partial charge in [-0.15, -0.1) is 0 Å². The summed E-state index contributed by atoms with van der Waals surface area (Å²) in [5, 5.41) is 4.51. The highest BCUT2D eigenvalue weighted by molar-refractivity contribution is 9.10. The number of rotatable bonds is 2. The van der Waals surface area contributed by atoms with E-state index in [4.69, 9.17) is 21.9 Å². The normalized spacial score (nSPS) is 10.8. The van der Waals surface area contributed by atoms with Gasteiger partial charge in [0.25, 0.3) is 0 Å². The van der Waals surface area contributed by atoms with Crippen LogP contribution >= 0.6 is 27.5 Å². The number of aryl methyl sites for hydroxylation is 1. The van der Waals surface area contributed by atoms with E-state index in [0.29, 0.717) is 16.6 Å². The second-order valence-electron chi connectivity index (χ2n) is 4.72. The Labute approximate surface area is 135 Å². The molecule has 0 aliphatic rings. The number of nitrogen functional groups attached to an aromatic ring is 1. The highest BCUT2D eigenvalue weighted by Gasteiger charge is 2.19. The Bertz CT molecular complexity index is 814. The van der Waals surface area contributed by atoms with Gasteiger partial charge in [0, 0.05) is 20.6 Å². The fourth-order valence-corrected chi connectivity index (χ4v) is 2.69.